The third kappa shape index (κ3) is 3.56. The Hall–Kier alpha value is -0.840. The molecule has 2 rings (SSSR count). The number of hydrogen-bond acceptors (Lipinski definition) is 4. The van der Waals surface area contributed by atoms with E-state index in [1.54, 1.807) is 13.4 Å². The van der Waals surface area contributed by atoms with Gasteiger partial charge in [0.15, 0.2) is 0 Å². The van der Waals surface area contributed by atoms with Gasteiger partial charge in [-0.2, -0.15) is 0 Å². The molecule has 0 amide bonds. The van der Waals surface area contributed by atoms with E-state index in [1.807, 2.05) is 12.1 Å². The number of ether oxygens (including phenoxy) is 2. The van der Waals surface area contributed by atoms with Gasteiger partial charge in [0.1, 0.15) is 5.76 Å². The summed E-state index contributed by atoms with van der Waals surface area (Å²) in [7, 11) is 1.72. The van der Waals surface area contributed by atoms with Gasteiger partial charge in [-0.25, -0.2) is 0 Å². The maximum Gasteiger partial charge on any atom is 0.104 e. The fourth-order valence-corrected chi connectivity index (χ4v) is 2.30. The van der Waals surface area contributed by atoms with Crippen molar-refractivity contribution in [2.45, 2.75) is 12.8 Å². The maximum absolute atomic E-state index is 5.55. The molecule has 4 heteroatoms. The van der Waals surface area contributed by atoms with Crippen LogP contribution in [0.2, 0.25) is 0 Å². The predicted octanol–water partition coefficient (Wildman–Crippen LogP) is 1.46. The van der Waals surface area contributed by atoms with E-state index in [2.05, 4.69) is 5.32 Å². The van der Waals surface area contributed by atoms with Crippen molar-refractivity contribution < 1.29 is 13.9 Å². The van der Waals surface area contributed by atoms with Gasteiger partial charge in [-0.15, -0.1) is 0 Å². The molecule has 0 aromatic carbocycles. The Kier molecular flexibility index (Phi) is 4.59. The van der Waals surface area contributed by atoms with Gasteiger partial charge < -0.3 is 19.2 Å². The Morgan fingerprint density at radius 2 is 2.47 bits per heavy atom. The molecule has 96 valence electrons. The summed E-state index contributed by atoms with van der Waals surface area (Å²) >= 11 is 0. The van der Waals surface area contributed by atoms with Crippen molar-refractivity contribution in [3.05, 3.63) is 24.2 Å². The van der Waals surface area contributed by atoms with Gasteiger partial charge in [0.2, 0.25) is 0 Å². The molecule has 1 fully saturated rings. The lowest BCUT2D eigenvalue weighted by molar-refractivity contribution is 0.141. The van der Waals surface area contributed by atoms with E-state index in [0.29, 0.717) is 0 Å². The molecular formula is C13H21NO3. The molecule has 1 saturated heterocycles. The van der Waals surface area contributed by atoms with Crippen LogP contribution >= 0.6 is 0 Å². The standard InChI is InChI=1S/C13H21NO3/c1-15-8-5-14-10-13(4-7-16-11-13)9-12-3-2-6-17-12/h2-3,6,14H,4-5,7-11H2,1H3. The first kappa shape index (κ1) is 12.6. The quantitative estimate of drug-likeness (QED) is 0.732. The van der Waals surface area contributed by atoms with Crippen molar-refractivity contribution in [2.75, 3.05) is 40.0 Å². The molecule has 4 nitrogen and oxygen atoms in total. The summed E-state index contributed by atoms with van der Waals surface area (Å²) in [4.78, 5) is 0. The first-order valence-corrected chi connectivity index (χ1v) is 6.14. The summed E-state index contributed by atoms with van der Waals surface area (Å²) in [6.45, 7) is 4.26. The van der Waals surface area contributed by atoms with Gasteiger partial charge in [-0.1, -0.05) is 0 Å². The molecule has 1 N–H and O–H groups in total. The minimum Gasteiger partial charge on any atom is -0.469 e. The average Bonchev–Trinajstić information content (AvgIpc) is 2.98. The Bertz CT molecular complexity index is 304. The summed E-state index contributed by atoms with van der Waals surface area (Å²) in [6, 6.07) is 3.98. The third-order valence-electron chi connectivity index (χ3n) is 3.30. The Balaban J connectivity index is 1.86. The molecule has 1 atom stereocenters. The molecule has 17 heavy (non-hydrogen) atoms. The molecule has 2 heterocycles. The van der Waals surface area contributed by atoms with E-state index < -0.39 is 0 Å². The van der Waals surface area contributed by atoms with E-state index in [1.165, 1.54) is 0 Å². The van der Waals surface area contributed by atoms with Gasteiger partial charge in [0.05, 0.1) is 19.5 Å². The number of furan rings is 1. The lowest BCUT2D eigenvalue weighted by atomic mass is 9.82. The molecule has 0 spiro atoms. The monoisotopic (exact) mass is 239 g/mol. The Labute approximate surface area is 102 Å². The lowest BCUT2D eigenvalue weighted by Gasteiger charge is -2.26. The Morgan fingerprint density at radius 1 is 1.53 bits per heavy atom. The molecule has 0 radical (unpaired) electrons. The maximum atomic E-state index is 5.55. The van der Waals surface area contributed by atoms with Crippen LogP contribution < -0.4 is 5.32 Å². The van der Waals surface area contributed by atoms with E-state index in [-0.39, 0.29) is 5.41 Å². The van der Waals surface area contributed by atoms with E-state index >= 15 is 0 Å². The third-order valence-corrected chi connectivity index (χ3v) is 3.30. The minimum atomic E-state index is 0.186. The second kappa shape index (κ2) is 6.19. The molecule has 1 aromatic rings. The van der Waals surface area contributed by atoms with Crippen LogP contribution in [0.1, 0.15) is 12.2 Å². The highest BCUT2D eigenvalue weighted by molar-refractivity contribution is 5.04. The summed E-state index contributed by atoms with van der Waals surface area (Å²) in [5.41, 5.74) is 0.186. The zero-order valence-electron chi connectivity index (χ0n) is 10.4. The zero-order valence-corrected chi connectivity index (χ0v) is 10.4. The SMILES string of the molecule is COCCNCC1(Cc2ccco2)CCOC1. The molecule has 0 bridgehead atoms. The first-order valence-electron chi connectivity index (χ1n) is 6.14. The van der Waals surface area contributed by atoms with E-state index in [9.17, 15) is 0 Å². The normalized spacial score (nSPS) is 24.3. The zero-order chi connectivity index (χ0) is 12.0. The summed E-state index contributed by atoms with van der Waals surface area (Å²) in [6.07, 6.45) is 3.77. The van der Waals surface area contributed by atoms with E-state index in [0.717, 1.165) is 51.5 Å². The van der Waals surface area contributed by atoms with Crippen LogP contribution in [0.3, 0.4) is 0 Å². The number of nitrogens with one attached hydrogen (secondary N) is 1. The topological polar surface area (TPSA) is 43.6 Å². The number of hydrogen-bond donors (Lipinski definition) is 1. The average molecular weight is 239 g/mol. The highest BCUT2D eigenvalue weighted by Gasteiger charge is 2.35. The molecule has 0 aliphatic carbocycles. The molecule has 1 unspecified atom stereocenters. The van der Waals surface area contributed by atoms with Gasteiger partial charge in [0, 0.05) is 38.6 Å². The second-order valence-corrected chi connectivity index (χ2v) is 4.73. The highest BCUT2D eigenvalue weighted by Crippen LogP contribution is 2.32. The van der Waals surface area contributed by atoms with Crippen LogP contribution in [-0.4, -0.2) is 40.0 Å². The smallest absolute Gasteiger partial charge is 0.104 e. The predicted molar refractivity (Wildman–Crippen MR) is 65.0 cm³/mol. The van der Waals surface area contributed by atoms with Crippen molar-refractivity contribution in [3.8, 4) is 0 Å². The molecular weight excluding hydrogens is 218 g/mol. The summed E-state index contributed by atoms with van der Waals surface area (Å²) < 4.78 is 16.0. The largest absolute Gasteiger partial charge is 0.469 e. The molecule has 1 aliphatic rings. The number of methoxy groups -OCH3 is 1. The van der Waals surface area contributed by atoms with Gasteiger partial charge in [-0.3, -0.25) is 0 Å². The van der Waals surface area contributed by atoms with Crippen molar-refractivity contribution in [1.82, 2.24) is 5.32 Å². The molecule has 1 aromatic heterocycles. The van der Waals surface area contributed by atoms with Crippen LogP contribution in [0.15, 0.2) is 22.8 Å². The van der Waals surface area contributed by atoms with Crippen molar-refractivity contribution in [1.29, 1.82) is 0 Å². The fourth-order valence-electron chi connectivity index (χ4n) is 2.30. The molecule has 0 saturated carbocycles. The summed E-state index contributed by atoms with van der Waals surface area (Å²) in [5, 5.41) is 3.43. The fraction of sp³-hybridized carbons (Fsp3) is 0.692. The van der Waals surface area contributed by atoms with Gasteiger partial charge in [-0.05, 0) is 18.6 Å². The van der Waals surface area contributed by atoms with Crippen LogP contribution in [0.25, 0.3) is 0 Å². The summed E-state index contributed by atoms with van der Waals surface area (Å²) in [5.74, 6) is 1.05. The lowest BCUT2D eigenvalue weighted by Crippen LogP contribution is -2.38. The van der Waals surface area contributed by atoms with E-state index in [4.69, 9.17) is 13.9 Å². The van der Waals surface area contributed by atoms with Crippen molar-refractivity contribution >= 4 is 0 Å². The second-order valence-electron chi connectivity index (χ2n) is 4.73. The Morgan fingerprint density at radius 3 is 3.12 bits per heavy atom. The minimum absolute atomic E-state index is 0.186. The van der Waals surface area contributed by atoms with Crippen LogP contribution in [0.4, 0.5) is 0 Å². The first-order chi connectivity index (χ1) is 8.35. The van der Waals surface area contributed by atoms with Crippen molar-refractivity contribution in [3.63, 3.8) is 0 Å². The van der Waals surface area contributed by atoms with Gasteiger partial charge in [0.25, 0.3) is 0 Å². The van der Waals surface area contributed by atoms with Gasteiger partial charge >= 0.3 is 0 Å². The van der Waals surface area contributed by atoms with Crippen molar-refractivity contribution in [2.24, 2.45) is 5.41 Å². The van der Waals surface area contributed by atoms with Crippen LogP contribution in [-0.2, 0) is 15.9 Å². The highest BCUT2D eigenvalue weighted by atomic mass is 16.5. The van der Waals surface area contributed by atoms with Crippen LogP contribution in [0, 0.1) is 5.41 Å². The molecule has 1 aliphatic heterocycles. The van der Waals surface area contributed by atoms with Crippen LogP contribution in [0.5, 0.6) is 0 Å². The number of rotatable bonds is 7.